The maximum absolute atomic E-state index is 13.0. The van der Waals surface area contributed by atoms with Gasteiger partial charge >= 0.3 is 0 Å². The van der Waals surface area contributed by atoms with Crippen molar-refractivity contribution in [2.75, 3.05) is 0 Å². The van der Waals surface area contributed by atoms with E-state index in [2.05, 4.69) is 10.1 Å². The van der Waals surface area contributed by atoms with Crippen molar-refractivity contribution in [3.05, 3.63) is 104 Å². The predicted molar refractivity (Wildman–Crippen MR) is 130 cm³/mol. The molecule has 0 saturated carbocycles. The number of hydrogen-bond acceptors (Lipinski definition) is 7. The molecule has 0 saturated heterocycles. The minimum atomic E-state index is -0.212. The highest BCUT2D eigenvalue weighted by Crippen LogP contribution is 2.25. The van der Waals surface area contributed by atoms with Gasteiger partial charge in [0.1, 0.15) is 5.69 Å². The average Bonchev–Trinajstić information content (AvgIpc) is 3.65. The summed E-state index contributed by atoms with van der Waals surface area (Å²) in [6.45, 7) is 0. The van der Waals surface area contributed by atoms with Gasteiger partial charge in [-0.05, 0) is 53.9 Å². The second-order valence-electron chi connectivity index (χ2n) is 7.12. The molecule has 7 nitrogen and oxygen atoms in total. The monoisotopic (exact) mass is 469 g/mol. The van der Waals surface area contributed by atoms with Crippen molar-refractivity contribution in [3.8, 4) is 17.1 Å². The Morgan fingerprint density at radius 1 is 0.970 bits per heavy atom. The summed E-state index contributed by atoms with van der Waals surface area (Å²) in [5.41, 5.74) is 2.13. The van der Waals surface area contributed by atoms with E-state index >= 15 is 0 Å². The highest BCUT2D eigenvalue weighted by atomic mass is 32.1. The molecule has 0 radical (unpaired) electrons. The third kappa shape index (κ3) is 3.73. The minimum Gasteiger partial charge on any atom is -0.463 e. The lowest BCUT2D eigenvalue weighted by Gasteiger charge is -1.98. The fourth-order valence-electron chi connectivity index (χ4n) is 3.41. The number of thiophene rings is 1. The van der Waals surface area contributed by atoms with Crippen LogP contribution in [0.25, 0.3) is 40.3 Å². The van der Waals surface area contributed by atoms with E-state index in [4.69, 9.17) is 9.52 Å². The molecular weight excluding hydrogens is 454 g/mol. The van der Waals surface area contributed by atoms with Gasteiger partial charge in [-0.15, -0.1) is 16.4 Å². The third-order valence-electron chi connectivity index (χ3n) is 4.94. The Balaban J connectivity index is 1.43. The SMILES string of the molecule is O=c1/c(=C/c2cn(-c3ccccc3)nc2-c2ccco2)sc2nc(/C=C/c3cccs3)nn12. The van der Waals surface area contributed by atoms with Gasteiger partial charge in [0.15, 0.2) is 11.6 Å². The molecule has 6 rings (SSSR count). The van der Waals surface area contributed by atoms with Crippen molar-refractivity contribution in [1.29, 1.82) is 0 Å². The summed E-state index contributed by atoms with van der Waals surface area (Å²) in [6.07, 6.45) is 9.06. The van der Waals surface area contributed by atoms with Gasteiger partial charge in [-0.25, -0.2) is 4.68 Å². The maximum Gasteiger partial charge on any atom is 0.291 e. The summed E-state index contributed by atoms with van der Waals surface area (Å²) in [5, 5.41) is 11.1. The van der Waals surface area contributed by atoms with E-state index in [0.29, 0.717) is 26.8 Å². The minimum absolute atomic E-state index is 0.212. The average molecular weight is 470 g/mol. The molecule has 0 aliphatic carbocycles. The van der Waals surface area contributed by atoms with E-state index < -0.39 is 0 Å². The van der Waals surface area contributed by atoms with Crippen molar-refractivity contribution < 1.29 is 4.42 Å². The molecule has 160 valence electrons. The number of benzene rings is 1. The molecule has 0 atom stereocenters. The highest BCUT2D eigenvalue weighted by molar-refractivity contribution is 7.15. The van der Waals surface area contributed by atoms with Crippen LogP contribution < -0.4 is 10.1 Å². The maximum atomic E-state index is 13.0. The largest absolute Gasteiger partial charge is 0.463 e. The molecule has 0 aliphatic heterocycles. The van der Waals surface area contributed by atoms with E-state index in [9.17, 15) is 4.79 Å². The van der Waals surface area contributed by atoms with Crippen LogP contribution >= 0.6 is 22.7 Å². The molecule has 0 bridgehead atoms. The Morgan fingerprint density at radius 2 is 1.88 bits per heavy atom. The van der Waals surface area contributed by atoms with Crippen LogP contribution in [0.5, 0.6) is 0 Å². The smallest absolute Gasteiger partial charge is 0.291 e. The second-order valence-corrected chi connectivity index (χ2v) is 9.11. The van der Waals surface area contributed by atoms with Crippen LogP contribution in [0, 0.1) is 0 Å². The first-order valence-corrected chi connectivity index (χ1v) is 11.8. The summed E-state index contributed by atoms with van der Waals surface area (Å²) in [5.74, 6) is 1.13. The number of furan rings is 1. The zero-order chi connectivity index (χ0) is 22.2. The number of rotatable bonds is 5. The van der Waals surface area contributed by atoms with Crippen LogP contribution in [-0.4, -0.2) is 24.4 Å². The van der Waals surface area contributed by atoms with Crippen molar-refractivity contribution in [1.82, 2.24) is 24.4 Å². The molecule has 0 N–H and O–H groups in total. The Labute approximate surface area is 195 Å². The van der Waals surface area contributed by atoms with Gasteiger partial charge in [0.2, 0.25) is 4.96 Å². The van der Waals surface area contributed by atoms with Gasteiger partial charge in [0.25, 0.3) is 5.56 Å². The Kier molecular flexibility index (Phi) is 4.82. The quantitative estimate of drug-likeness (QED) is 0.375. The van der Waals surface area contributed by atoms with E-state index in [0.717, 1.165) is 16.1 Å². The normalized spacial score (nSPS) is 12.4. The summed E-state index contributed by atoms with van der Waals surface area (Å²) in [6, 6.07) is 17.5. The second kappa shape index (κ2) is 8.12. The lowest BCUT2D eigenvalue weighted by atomic mass is 10.2. The van der Waals surface area contributed by atoms with E-state index in [-0.39, 0.29) is 5.56 Å². The first-order valence-electron chi connectivity index (χ1n) is 10.1. The standard InChI is InChI=1S/C24H15N5O2S2/c30-23-20(33-24-25-21(26-29(23)24)11-10-18-8-5-13-32-18)14-16-15-28(17-6-2-1-3-7-17)27-22(16)19-9-4-12-31-19/h1-15H/b11-10+,20-14-. The zero-order valence-corrected chi connectivity index (χ0v) is 18.7. The van der Waals surface area contributed by atoms with E-state index in [1.54, 1.807) is 22.3 Å². The van der Waals surface area contributed by atoms with Crippen LogP contribution in [0.2, 0.25) is 0 Å². The summed E-state index contributed by atoms with van der Waals surface area (Å²) < 4.78 is 9.24. The highest BCUT2D eigenvalue weighted by Gasteiger charge is 2.15. The molecule has 0 fully saturated rings. The summed E-state index contributed by atoms with van der Waals surface area (Å²) in [4.78, 5) is 19.2. The third-order valence-corrected chi connectivity index (χ3v) is 6.74. The molecule has 5 aromatic heterocycles. The molecule has 1 aromatic carbocycles. The zero-order valence-electron chi connectivity index (χ0n) is 17.0. The van der Waals surface area contributed by atoms with Crippen LogP contribution in [0.1, 0.15) is 16.3 Å². The molecule has 33 heavy (non-hydrogen) atoms. The van der Waals surface area contributed by atoms with Gasteiger partial charge < -0.3 is 4.42 Å². The molecule has 0 aliphatic rings. The first kappa shape index (κ1) is 19.6. The van der Waals surface area contributed by atoms with Crippen molar-refractivity contribution in [3.63, 3.8) is 0 Å². The lowest BCUT2D eigenvalue weighted by molar-refractivity contribution is 0.579. The van der Waals surface area contributed by atoms with Gasteiger partial charge in [0.05, 0.1) is 16.5 Å². The molecular formula is C24H15N5O2S2. The molecule has 0 spiro atoms. The van der Waals surface area contributed by atoms with E-state index in [1.165, 1.54) is 15.9 Å². The van der Waals surface area contributed by atoms with Crippen molar-refractivity contribution in [2.24, 2.45) is 0 Å². The molecule has 9 heteroatoms. The van der Waals surface area contributed by atoms with Gasteiger partial charge in [0, 0.05) is 16.6 Å². The Bertz CT molecular complexity index is 1670. The number of hydrogen-bond donors (Lipinski definition) is 0. The van der Waals surface area contributed by atoms with Gasteiger partial charge in [-0.3, -0.25) is 4.79 Å². The van der Waals surface area contributed by atoms with Crippen molar-refractivity contribution >= 4 is 45.9 Å². The number of fused-ring (bicyclic) bond motifs is 1. The van der Waals surface area contributed by atoms with Crippen molar-refractivity contribution in [2.45, 2.75) is 0 Å². The number of nitrogens with zero attached hydrogens (tertiary/aromatic N) is 5. The first-order chi connectivity index (χ1) is 16.2. The van der Waals surface area contributed by atoms with Gasteiger partial charge in [-0.1, -0.05) is 35.6 Å². The Morgan fingerprint density at radius 3 is 2.64 bits per heavy atom. The molecule has 6 aromatic rings. The fourth-order valence-corrected chi connectivity index (χ4v) is 4.94. The number of aromatic nitrogens is 5. The number of para-hydroxylation sites is 1. The molecule has 5 heterocycles. The van der Waals surface area contributed by atoms with E-state index in [1.807, 2.05) is 84.4 Å². The van der Waals surface area contributed by atoms with Crippen LogP contribution in [0.4, 0.5) is 0 Å². The lowest BCUT2D eigenvalue weighted by Crippen LogP contribution is -2.23. The summed E-state index contributed by atoms with van der Waals surface area (Å²) in [7, 11) is 0. The predicted octanol–water partition coefficient (Wildman–Crippen LogP) is 4.38. The van der Waals surface area contributed by atoms with Crippen LogP contribution in [0.3, 0.4) is 0 Å². The molecule has 0 amide bonds. The fraction of sp³-hybridized carbons (Fsp3) is 0. The van der Waals surface area contributed by atoms with Crippen LogP contribution in [0.15, 0.2) is 81.6 Å². The van der Waals surface area contributed by atoms with Crippen LogP contribution in [-0.2, 0) is 0 Å². The Hall–Kier alpha value is -4.08. The molecule has 0 unspecified atom stereocenters. The number of thiazole rings is 1. The summed E-state index contributed by atoms with van der Waals surface area (Å²) >= 11 is 2.93. The topological polar surface area (TPSA) is 78.2 Å². The van der Waals surface area contributed by atoms with Gasteiger partial charge in [-0.2, -0.15) is 14.6 Å².